The molecule has 3 rings (SSSR count). The van der Waals surface area contributed by atoms with E-state index in [1.807, 2.05) is 12.1 Å². The first-order valence-corrected chi connectivity index (χ1v) is 6.20. The number of hydrogen-bond acceptors (Lipinski definition) is 1. The average Bonchev–Trinajstić information content (AvgIpc) is 2.72. The first-order valence-electron chi connectivity index (χ1n) is 5.76. The van der Waals surface area contributed by atoms with Crippen LogP contribution in [-0.2, 0) is 0 Å². The summed E-state index contributed by atoms with van der Waals surface area (Å²) in [4.78, 5) is 0. The van der Waals surface area contributed by atoms with Gasteiger partial charge in [0.05, 0.1) is 5.38 Å². The van der Waals surface area contributed by atoms with E-state index in [2.05, 4.69) is 0 Å². The number of allylic oxidation sites excluding steroid dienone is 2. The lowest BCUT2D eigenvalue weighted by Gasteiger charge is -2.14. The highest BCUT2D eigenvalue weighted by Gasteiger charge is 2.15. The molecule has 1 aromatic heterocycles. The normalized spacial score (nSPS) is 20.6. The molecule has 3 heteroatoms. The third-order valence-corrected chi connectivity index (χ3v) is 3.45. The third kappa shape index (κ3) is 2.09. The molecule has 0 radical (unpaired) electrons. The highest BCUT2D eigenvalue weighted by atomic mass is 35.5. The van der Waals surface area contributed by atoms with Gasteiger partial charge in [0.1, 0.15) is 17.2 Å². The predicted molar refractivity (Wildman–Crippen MR) is 67.6 cm³/mol. The lowest BCUT2D eigenvalue weighted by Crippen LogP contribution is -2.01. The van der Waals surface area contributed by atoms with Crippen molar-refractivity contribution in [2.45, 2.75) is 24.6 Å². The molecule has 0 amide bonds. The number of benzene rings is 1. The molecule has 0 N–H and O–H groups in total. The van der Waals surface area contributed by atoms with E-state index in [9.17, 15) is 4.39 Å². The molecule has 0 saturated heterocycles. The van der Waals surface area contributed by atoms with Crippen molar-refractivity contribution in [3.05, 3.63) is 41.9 Å². The van der Waals surface area contributed by atoms with Crippen LogP contribution in [0.15, 0.2) is 34.8 Å². The maximum absolute atomic E-state index is 13.1. The van der Waals surface area contributed by atoms with Crippen LogP contribution in [0.1, 0.15) is 25.0 Å². The van der Waals surface area contributed by atoms with Crippen LogP contribution in [0.5, 0.6) is 0 Å². The summed E-state index contributed by atoms with van der Waals surface area (Å²) >= 11 is 6.11. The topological polar surface area (TPSA) is 13.1 Å². The highest BCUT2D eigenvalue weighted by molar-refractivity contribution is 6.22. The second-order valence-electron chi connectivity index (χ2n) is 4.39. The van der Waals surface area contributed by atoms with Crippen LogP contribution in [0, 0.1) is 5.82 Å². The van der Waals surface area contributed by atoms with Gasteiger partial charge in [0, 0.05) is 5.39 Å². The Morgan fingerprint density at radius 3 is 3.00 bits per heavy atom. The molecule has 0 bridgehead atoms. The van der Waals surface area contributed by atoms with Crippen molar-refractivity contribution < 1.29 is 8.81 Å². The lowest BCUT2D eigenvalue weighted by molar-refractivity contribution is 0.587. The Hall–Kier alpha value is -1.28. The molecule has 1 aliphatic rings. The Labute approximate surface area is 104 Å². The minimum absolute atomic E-state index is 0.0868. The summed E-state index contributed by atoms with van der Waals surface area (Å²) in [5.41, 5.74) is 1.85. The van der Waals surface area contributed by atoms with Crippen molar-refractivity contribution in [2.24, 2.45) is 0 Å². The molecule has 1 unspecified atom stereocenters. The molecule has 88 valence electrons. The quantitative estimate of drug-likeness (QED) is 0.666. The molecule has 1 aromatic carbocycles. The van der Waals surface area contributed by atoms with Crippen LogP contribution < -0.4 is 0 Å². The molecule has 17 heavy (non-hydrogen) atoms. The first-order chi connectivity index (χ1) is 8.22. The smallest absolute Gasteiger partial charge is 0.135 e. The predicted octanol–water partition coefficient (Wildman–Crippen LogP) is 4.75. The van der Waals surface area contributed by atoms with Crippen LogP contribution >= 0.6 is 11.6 Å². The van der Waals surface area contributed by atoms with Crippen molar-refractivity contribution >= 4 is 28.1 Å². The molecule has 2 aromatic rings. The maximum atomic E-state index is 13.1. The van der Waals surface area contributed by atoms with Gasteiger partial charge in [-0.25, -0.2) is 4.39 Å². The van der Waals surface area contributed by atoms with E-state index in [1.165, 1.54) is 12.1 Å². The highest BCUT2D eigenvalue weighted by Crippen LogP contribution is 2.32. The molecule has 0 fully saturated rings. The zero-order valence-electron chi connectivity index (χ0n) is 9.25. The van der Waals surface area contributed by atoms with Gasteiger partial charge in [-0.2, -0.15) is 0 Å². The Bertz CT molecular complexity index is 585. The number of rotatable bonds is 1. The lowest BCUT2D eigenvalue weighted by atomic mass is 9.97. The molecule has 1 aliphatic carbocycles. The van der Waals surface area contributed by atoms with E-state index in [0.717, 1.165) is 41.6 Å². The van der Waals surface area contributed by atoms with Gasteiger partial charge in [-0.1, -0.05) is 6.08 Å². The summed E-state index contributed by atoms with van der Waals surface area (Å²) in [5, 5.41) is 0.890. The van der Waals surface area contributed by atoms with E-state index in [1.54, 1.807) is 6.07 Å². The van der Waals surface area contributed by atoms with Gasteiger partial charge in [-0.05, 0) is 49.1 Å². The van der Waals surface area contributed by atoms with Gasteiger partial charge in [0.2, 0.25) is 0 Å². The zero-order valence-corrected chi connectivity index (χ0v) is 10.0. The van der Waals surface area contributed by atoms with E-state index in [0.29, 0.717) is 0 Å². The molecule has 0 saturated carbocycles. The van der Waals surface area contributed by atoms with Crippen LogP contribution in [0.4, 0.5) is 4.39 Å². The first kappa shape index (κ1) is 10.8. The third-order valence-electron chi connectivity index (χ3n) is 3.10. The zero-order chi connectivity index (χ0) is 11.8. The van der Waals surface area contributed by atoms with Gasteiger partial charge < -0.3 is 4.42 Å². The summed E-state index contributed by atoms with van der Waals surface area (Å²) in [5.74, 6) is 0.577. The molecule has 1 nitrogen and oxygen atoms in total. The van der Waals surface area contributed by atoms with E-state index in [4.69, 9.17) is 16.0 Å². The van der Waals surface area contributed by atoms with Crippen molar-refractivity contribution in [3.63, 3.8) is 0 Å². The Morgan fingerprint density at radius 1 is 1.29 bits per heavy atom. The number of hydrogen-bond donors (Lipinski definition) is 0. The Balaban J connectivity index is 2.06. The summed E-state index contributed by atoms with van der Waals surface area (Å²) < 4.78 is 18.8. The van der Waals surface area contributed by atoms with E-state index in [-0.39, 0.29) is 11.2 Å². The Morgan fingerprint density at radius 2 is 2.18 bits per heavy atom. The molecule has 1 atom stereocenters. The van der Waals surface area contributed by atoms with Crippen LogP contribution in [0.3, 0.4) is 0 Å². The molecular weight excluding hydrogens is 239 g/mol. The SMILES string of the molecule is Fc1ccc2oc(C3=CC(Cl)CCC3)cc2c1. The van der Waals surface area contributed by atoms with E-state index >= 15 is 0 Å². The van der Waals surface area contributed by atoms with Gasteiger partial charge in [-0.15, -0.1) is 11.6 Å². The molecular formula is C14H12ClFO. The monoisotopic (exact) mass is 250 g/mol. The van der Waals surface area contributed by atoms with Crippen LogP contribution in [0.2, 0.25) is 0 Å². The molecule has 0 spiro atoms. The van der Waals surface area contributed by atoms with Crippen LogP contribution in [-0.4, -0.2) is 5.38 Å². The fourth-order valence-electron chi connectivity index (χ4n) is 2.25. The second-order valence-corrected chi connectivity index (χ2v) is 4.95. The van der Waals surface area contributed by atoms with E-state index < -0.39 is 0 Å². The molecule has 0 aliphatic heterocycles. The fraction of sp³-hybridized carbons (Fsp3) is 0.286. The van der Waals surface area contributed by atoms with Crippen molar-refractivity contribution in [3.8, 4) is 0 Å². The standard InChI is InChI=1S/C14H12ClFO/c15-11-3-1-2-9(6-11)14-8-10-7-12(16)4-5-13(10)17-14/h4-8,11H,1-3H2. The van der Waals surface area contributed by atoms with Crippen molar-refractivity contribution in [2.75, 3.05) is 0 Å². The second kappa shape index (κ2) is 4.19. The van der Waals surface area contributed by atoms with Gasteiger partial charge in [-0.3, -0.25) is 0 Å². The Kier molecular flexibility index (Phi) is 2.67. The number of alkyl halides is 1. The minimum atomic E-state index is -0.238. The maximum Gasteiger partial charge on any atom is 0.135 e. The summed E-state index contributed by atoms with van der Waals surface area (Å²) in [6, 6.07) is 6.45. The number of fused-ring (bicyclic) bond motifs is 1. The van der Waals surface area contributed by atoms with Gasteiger partial charge in [0.25, 0.3) is 0 Å². The fourth-order valence-corrected chi connectivity index (χ4v) is 2.56. The van der Waals surface area contributed by atoms with Crippen molar-refractivity contribution in [1.82, 2.24) is 0 Å². The number of halogens is 2. The van der Waals surface area contributed by atoms with Crippen LogP contribution in [0.25, 0.3) is 16.5 Å². The number of furan rings is 1. The summed E-state index contributed by atoms with van der Waals surface area (Å²) in [7, 11) is 0. The van der Waals surface area contributed by atoms with Gasteiger partial charge in [0.15, 0.2) is 0 Å². The average molecular weight is 251 g/mol. The molecule has 1 heterocycles. The largest absolute Gasteiger partial charge is 0.456 e. The summed E-state index contributed by atoms with van der Waals surface area (Å²) in [6.07, 6.45) is 5.11. The van der Waals surface area contributed by atoms with Crippen molar-refractivity contribution in [1.29, 1.82) is 0 Å². The summed E-state index contributed by atoms with van der Waals surface area (Å²) in [6.45, 7) is 0. The minimum Gasteiger partial charge on any atom is -0.456 e. The van der Waals surface area contributed by atoms with Gasteiger partial charge >= 0.3 is 0 Å².